The molecule has 4 heteroatoms. The maximum absolute atomic E-state index is 11.7. The minimum absolute atomic E-state index is 0.324. The smallest absolute Gasteiger partial charge is 0.387 e. The van der Waals surface area contributed by atoms with E-state index in [2.05, 4.69) is 5.10 Å². The van der Waals surface area contributed by atoms with Gasteiger partial charge in [0.1, 0.15) is 0 Å². The lowest BCUT2D eigenvalue weighted by molar-refractivity contribution is 0.516. The summed E-state index contributed by atoms with van der Waals surface area (Å²) in [6.45, 7) is 0. The molecule has 1 aromatic heterocycles. The first-order chi connectivity index (χ1) is 8.84. The van der Waals surface area contributed by atoms with Gasteiger partial charge in [-0.3, -0.25) is 0 Å². The molecule has 3 rings (SSSR count). The number of rotatable bonds is 2. The van der Waals surface area contributed by atoms with Crippen molar-refractivity contribution in [3.63, 3.8) is 0 Å². The Kier molecular flexibility index (Phi) is 2.53. The second kappa shape index (κ2) is 4.33. The summed E-state index contributed by atoms with van der Waals surface area (Å²) >= 11 is 0. The van der Waals surface area contributed by atoms with Crippen molar-refractivity contribution in [2.45, 2.75) is 0 Å². The van der Waals surface area contributed by atoms with Crippen molar-refractivity contribution in [1.82, 2.24) is 9.78 Å². The van der Waals surface area contributed by atoms with E-state index in [4.69, 9.17) is 4.42 Å². The van der Waals surface area contributed by atoms with E-state index in [1.165, 1.54) is 4.68 Å². The average Bonchev–Trinajstić information content (AvgIpc) is 2.83. The SMILES string of the molecule is O=c1oc(-c2ccccc2)nn1-c1ccccc1. The fourth-order valence-corrected chi connectivity index (χ4v) is 1.71. The molecule has 0 N–H and O–H groups in total. The van der Waals surface area contributed by atoms with Crippen LogP contribution in [0.15, 0.2) is 69.9 Å². The molecule has 0 aliphatic heterocycles. The van der Waals surface area contributed by atoms with Crippen molar-refractivity contribution < 1.29 is 4.42 Å². The normalized spacial score (nSPS) is 10.4. The Morgan fingerprint density at radius 3 is 2.17 bits per heavy atom. The van der Waals surface area contributed by atoms with Crippen LogP contribution in [0, 0.1) is 0 Å². The summed E-state index contributed by atoms with van der Waals surface area (Å²) < 4.78 is 6.40. The fourth-order valence-electron chi connectivity index (χ4n) is 1.71. The van der Waals surface area contributed by atoms with Crippen LogP contribution in [-0.4, -0.2) is 9.78 Å². The Labute approximate surface area is 103 Å². The van der Waals surface area contributed by atoms with Crippen LogP contribution in [0.2, 0.25) is 0 Å². The Hall–Kier alpha value is -2.62. The van der Waals surface area contributed by atoms with Gasteiger partial charge in [-0.25, -0.2) is 4.79 Å². The van der Waals surface area contributed by atoms with E-state index in [1.807, 2.05) is 48.5 Å². The summed E-state index contributed by atoms with van der Waals surface area (Å²) in [5.74, 6) is -0.162. The highest BCUT2D eigenvalue weighted by atomic mass is 16.4. The van der Waals surface area contributed by atoms with Gasteiger partial charge in [-0.15, -0.1) is 5.10 Å². The van der Waals surface area contributed by atoms with Crippen molar-refractivity contribution in [2.24, 2.45) is 0 Å². The van der Waals surface area contributed by atoms with Crippen molar-refractivity contribution in [3.05, 3.63) is 71.2 Å². The van der Waals surface area contributed by atoms with Gasteiger partial charge in [-0.2, -0.15) is 4.68 Å². The van der Waals surface area contributed by atoms with E-state index < -0.39 is 5.76 Å². The quantitative estimate of drug-likeness (QED) is 0.689. The molecule has 0 saturated heterocycles. The third-order valence-corrected chi connectivity index (χ3v) is 2.57. The van der Waals surface area contributed by atoms with Crippen LogP contribution >= 0.6 is 0 Å². The molecule has 3 aromatic rings. The zero-order valence-corrected chi connectivity index (χ0v) is 9.48. The first-order valence-electron chi connectivity index (χ1n) is 5.55. The van der Waals surface area contributed by atoms with E-state index >= 15 is 0 Å². The Balaban J connectivity index is 2.10. The third kappa shape index (κ3) is 1.84. The summed E-state index contributed by atoms with van der Waals surface area (Å²) in [6, 6.07) is 18.5. The monoisotopic (exact) mass is 238 g/mol. The molecule has 0 bridgehead atoms. The Morgan fingerprint density at radius 1 is 0.889 bits per heavy atom. The van der Waals surface area contributed by atoms with Gasteiger partial charge >= 0.3 is 5.76 Å². The highest BCUT2D eigenvalue weighted by Crippen LogP contribution is 2.15. The lowest BCUT2D eigenvalue weighted by atomic mass is 10.2. The largest absolute Gasteiger partial charge is 0.442 e. The number of para-hydroxylation sites is 1. The van der Waals surface area contributed by atoms with Crippen molar-refractivity contribution >= 4 is 0 Å². The van der Waals surface area contributed by atoms with Crippen LogP contribution in [0.3, 0.4) is 0 Å². The maximum Gasteiger partial charge on any atom is 0.442 e. The highest BCUT2D eigenvalue weighted by Gasteiger charge is 2.10. The highest BCUT2D eigenvalue weighted by molar-refractivity contribution is 5.52. The molecule has 0 unspecified atom stereocenters. The summed E-state index contributed by atoms with van der Waals surface area (Å²) in [5, 5.41) is 4.19. The Bertz CT molecular complexity index is 699. The molecule has 2 aromatic carbocycles. The van der Waals surface area contributed by atoms with Gasteiger partial charge in [0.25, 0.3) is 0 Å². The van der Waals surface area contributed by atoms with Gasteiger partial charge in [0.05, 0.1) is 5.69 Å². The molecule has 0 fully saturated rings. The van der Waals surface area contributed by atoms with Gasteiger partial charge < -0.3 is 4.42 Å². The molecular weight excluding hydrogens is 228 g/mol. The predicted octanol–water partition coefficient (Wildman–Crippen LogP) is 2.49. The minimum Gasteiger partial charge on any atom is -0.387 e. The molecule has 1 heterocycles. The second-order valence-electron chi connectivity index (χ2n) is 3.79. The lowest BCUT2D eigenvalue weighted by Gasteiger charge is -1.95. The van der Waals surface area contributed by atoms with Gasteiger partial charge in [0.15, 0.2) is 0 Å². The van der Waals surface area contributed by atoms with Crippen LogP contribution in [0.4, 0.5) is 0 Å². The molecule has 0 aliphatic carbocycles. The van der Waals surface area contributed by atoms with E-state index in [1.54, 1.807) is 12.1 Å². The average molecular weight is 238 g/mol. The molecule has 0 amide bonds. The summed E-state index contributed by atoms with van der Waals surface area (Å²) in [4.78, 5) is 11.7. The minimum atomic E-state index is -0.486. The molecule has 0 radical (unpaired) electrons. The van der Waals surface area contributed by atoms with Crippen molar-refractivity contribution in [3.8, 4) is 17.1 Å². The van der Waals surface area contributed by atoms with E-state index in [0.717, 1.165) is 5.56 Å². The molecule has 0 spiro atoms. The zero-order valence-electron chi connectivity index (χ0n) is 9.48. The van der Waals surface area contributed by atoms with Gasteiger partial charge in [0.2, 0.25) is 5.89 Å². The van der Waals surface area contributed by atoms with Gasteiger partial charge in [-0.05, 0) is 24.3 Å². The van der Waals surface area contributed by atoms with Crippen LogP contribution in [0.25, 0.3) is 17.1 Å². The summed E-state index contributed by atoms with van der Waals surface area (Å²) in [6.07, 6.45) is 0. The number of aromatic nitrogens is 2. The molecule has 0 saturated carbocycles. The van der Waals surface area contributed by atoms with Crippen LogP contribution in [0.1, 0.15) is 0 Å². The number of benzene rings is 2. The molecule has 4 nitrogen and oxygen atoms in total. The van der Waals surface area contributed by atoms with Crippen LogP contribution < -0.4 is 5.76 Å². The zero-order chi connectivity index (χ0) is 12.4. The first-order valence-corrected chi connectivity index (χ1v) is 5.55. The molecular formula is C14H10N2O2. The molecule has 88 valence electrons. The molecule has 0 aliphatic rings. The third-order valence-electron chi connectivity index (χ3n) is 2.57. The molecule has 0 atom stereocenters. The standard InChI is InChI=1S/C14H10N2O2/c17-14-16(12-9-5-2-6-10-12)15-13(18-14)11-7-3-1-4-8-11/h1-10H. The van der Waals surface area contributed by atoms with E-state index in [0.29, 0.717) is 11.6 Å². The Morgan fingerprint density at radius 2 is 1.50 bits per heavy atom. The number of hydrogen-bond acceptors (Lipinski definition) is 3. The molecule has 18 heavy (non-hydrogen) atoms. The number of hydrogen-bond donors (Lipinski definition) is 0. The van der Waals surface area contributed by atoms with Crippen LogP contribution in [-0.2, 0) is 0 Å². The fraction of sp³-hybridized carbons (Fsp3) is 0. The number of nitrogens with zero attached hydrogens (tertiary/aromatic N) is 2. The van der Waals surface area contributed by atoms with Crippen LogP contribution in [0.5, 0.6) is 0 Å². The lowest BCUT2D eigenvalue weighted by Crippen LogP contribution is -2.12. The first kappa shape index (κ1) is 10.5. The summed E-state index contributed by atoms with van der Waals surface area (Å²) in [7, 11) is 0. The van der Waals surface area contributed by atoms with Crippen molar-refractivity contribution in [2.75, 3.05) is 0 Å². The second-order valence-corrected chi connectivity index (χ2v) is 3.79. The van der Waals surface area contributed by atoms with Gasteiger partial charge in [0, 0.05) is 5.56 Å². The summed E-state index contributed by atoms with van der Waals surface area (Å²) in [5.41, 5.74) is 1.47. The predicted molar refractivity (Wildman–Crippen MR) is 67.5 cm³/mol. The van der Waals surface area contributed by atoms with E-state index in [-0.39, 0.29) is 0 Å². The van der Waals surface area contributed by atoms with Gasteiger partial charge in [-0.1, -0.05) is 36.4 Å². The van der Waals surface area contributed by atoms with Crippen molar-refractivity contribution in [1.29, 1.82) is 0 Å². The topological polar surface area (TPSA) is 48.0 Å². The van der Waals surface area contributed by atoms with E-state index in [9.17, 15) is 4.79 Å². The maximum atomic E-state index is 11.7.